The van der Waals surface area contributed by atoms with Crippen molar-refractivity contribution < 1.29 is 105 Å². The van der Waals surface area contributed by atoms with Crippen LogP contribution < -0.4 is 11.1 Å². The summed E-state index contributed by atoms with van der Waals surface area (Å²) in [5.41, 5.74) is -1.79. The van der Waals surface area contributed by atoms with Crippen molar-refractivity contribution in [1.29, 1.82) is 0 Å². The van der Waals surface area contributed by atoms with Crippen LogP contribution in [0.1, 0.15) is 80.2 Å². The highest BCUT2D eigenvalue weighted by Crippen LogP contribution is 2.51. The molecule has 3 aliphatic heterocycles. The number of nitrogen functional groups attached to an aromatic ring is 1. The largest absolute Gasteiger partial charge is 0.523 e. The first-order valence-electron chi connectivity index (χ1n) is 23.0. The van der Waals surface area contributed by atoms with Gasteiger partial charge in [-0.2, -0.15) is 50.3 Å². The van der Waals surface area contributed by atoms with Gasteiger partial charge in [-0.3, -0.25) is 27.2 Å². The number of amides is 1. The average molecular weight is 1140 g/mol. The van der Waals surface area contributed by atoms with Crippen molar-refractivity contribution in [2.24, 2.45) is 5.41 Å². The van der Waals surface area contributed by atoms with E-state index in [1.807, 2.05) is 0 Å². The number of carbonyl (C=O) groups is 1. The number of aromatic nitrogens is 8. The summed E-state index contributed by atoms with van der Waals surface area (Å²) in [5, 5.41) is 23.0. The van der Waals surface area contributed by atoms with Crippen LogP contribution in [0.5, 0.6) is 0 Å². The van der Waals surface area contributed by atoms with Gasteiger partial charge in [-0.25, -0.2) is 9.97 Å². The van der Waals surface area contributed by atoms with E-state index in [0.29, 0.717) is 12.8 Å². The van der Waals surface area contributed by atoms with Gasteiger partial charge in [0.15, 0.2) is 84.1 Å². The third-order valence-electron chi connectivity index (χ3n) is 10.7. The molecule has 75 heavy (non-hydrogen) atoms. The molecular weight excluding hydrogens is 1090 g/mol. The number of carbonyl (C=O) groups excluding carboxylic acids is 1. The van der Waals surface area contributed by atoms with Crippen LogP contribution in [-0.4, -0.2) is 158 Å². The summed E-state index contributed by atoms with van der Waals surface area (Å²) in [5.74, 6) is -1.14. The second kappa shape index (κ2) is 24.7. The van der Waals surface area contributed by atoms with Crippen LogP contribution in [0.15, 0.2) is 12.7 Å². The van der Waals surface area contributed by atoms with E-state index in [2.05, 4.69) is 35.2 Å². The van der Waals surface area contributed by atoms with Crippen molar-refractivity contribution in [3.8, 4) is 0 Å². The van der Waals surface area contributed by atoms with Crippen LogP contribution in [0.25, 0.3) is 22.3 Å². The van der Waals surface area contributed by atoms with E-state index in [1.54, 1.807) is 34.6 Å². The third kappa shape index (κ3) is 14.3. The minimum Gasteiger partial charge on any atom is -0.385 e. The number of nitrogens with two attached hydrogens (primary N) is 1. The smallest absolute Gasteiger partial charge is 0.385 e. The number of alkyl halides is 3. The zero-order valence-electron chi connectivity index (χ0n) is 41.2. The Morgan fingerprint density at radius 1 is 0.787 bits per heavy atom. The Morgan fingerprint density at radius 2 is 1.31 bits per heavy atom. The molecule has 36 heteroatoms. The summed E-state index contributed by atoms with van der Waals surface area (Å²) >= 11 is 0. The topological polar surface area (TPSA) is 353 Å². The predicted molar refractivity (Wildman–Crippen MR) is 245 cm³/mol. The molecule has 0 bridgehead atoms. The maximum absolute atomic E-state index is 14.7. The molecule has 0 radical (unpaired) electrons. The summed E-state index contributed by atoms with van der Waals surface area (Å²) < 4.78 is 181. The number of aliphatic hydroxyl groups is 2. The first-order chi connectivity index (χ1) is 35.2. The number of hydrogen-bond donors (Lipinski definition) is 4. The minimum absolute atomic E-state index is 0.0313. The maximum Gasteiger partial charge on any atom is 0.523 e. The lowest BCUT2D eigenvalue weighted by atomic mass is 9.96. The summed E-state index contributed by atoms with van der Waals surface area (Å²) in [6, 6.07) is 0. The molecule has 28 nitrogen and oxygen atoms in total. The van der Waals surface area contributed by atoms with E-state index < -0.39 is 128 Å². The fourth-order valence-corrected chi connectivity index (χ4v) is 10.6. The summed E-state index contributed by atoms with van der Waals surface area (Å²) in [7, 11) is -13.8. The molecule has 4 aromatic rings. The number of hydrogen-bond acceptors (Lipinski definition) is 25. The predicted octanol–water partition coefficient (Wildman–Crippen LogP) is 4.56. The third-order valence-corrected chi connectivity index (χ3v) is 15.3. The summed E-state index contributed by atoms with van der Waals surface area (Å²) in [6.07, 6.45) is -14.3. The van der Waals surface area contributed by atoms with E-state index in [-0.39, 0.29) is 67.8 Å². The Kier molecular flexibility index (Phi) is 19.8. The van der Waals surface area contributed by atoms with Gasteiger partial charge in [0.25, 0.3) is 0 Å². The molecule has 0 spiro atoms. The Hall–Kier alpha value is -4.09. The van der Waals surface area contributed by atoms with Gasteiger partial charge in [-0.15, -0.1) is 0 Å². The first-order valence-corrected chi connectivity index (χ1v) is 27.8. The highest BCUT2D eigenvalue weighted by molar-refractivity contribution is 7.87. The van der Waals surface area contributed by atoms with Crippen LogP contribution >= 0.6 is 15.2 Å². The van der Waals surface area contributed by atoms with Gasteiger partial charge in [0.2, 0.25) is 5.91 Å². The Balaban J connectivity index is 0.000000277. The molecule has 1 unspecified atom stereocenters. The molecule has 0 aliphatic carbocycles. The average Bonchev–Trinajstić information content (AvgIpc) is 4.09. The maximum atomic E-state index is 14.7. The number of nitrogens with zero attached hydrogens (tertiary/aromatic N) is 8. The number of rotatable bonds is 21. The van der Waals surface area contributed by atoms with Crippen LogP contribution in [0.4, 0.5) is 33.6 Å². The Labute approximate surface area is 424 Å². The summed E-state index contributed by atoms with van der Waals surface area (Å²) in [4.78, 5) is 34.9. The van der Waals surface area contributed by atoms with E-state index in [9.17, 15) is 54.5 Å². The van der Waals surface area contributed by atoms with Crippen molar-refractivity contribution in [2.45, 2.75) is 129 Å². The molecule has 7 heterocycles. The molecule has 3 aliphatic rings. The molecule has 5 N–H and O–H groups in total. The van der Waals surface area contributed by atoms with E-state index in [1.165, 1.54) is 24.7 Å². The number of ether oxygens (including phenoxy) is 6. The monoisotopic (exact) mass is 1140 g/mol. The van der Waals surface area contributed by atoms with Crippen molar-refractivity contribution >= 4 is 65.2 Å². The van der Waals surface area contributed by atoms with Gasteiger partial charge in [-0.1, -0.05) is 20.8 Å². The lowest BCUT2D eigenvalue weighted by Crippen LogP contribution is -2.44. The van der Waals surface area contributed by atoms with E-state index in [4.69, 9.17) is 56.4 Å². The quantitative estimate of drug-likeness (QED) is 0.0292. The number of halogens is 5. The molecule has 9 atom stereocenters. The summed E-state index contributed by atoms with van der Waals surface area (Å²) in [6.45, 7) is 11.5. The molecule has 1 amide bonds. The fraction of sp³-hybridized carbons (Fsp3) is 0.718. The molecule has 422 valence electrons. The van der Waals surface area contributed by atoms with Gasteiger partial charge < -0.3 is 67.8 Å². The molecule has 0 aromatic carbocycles. The van der Waals surface area contributed by atoms with Gasteiger partial charge in [-0.05, 0) is 47.0 Å². The minimum atomic E-state index is -6.32. The highest BCUT2D eigenvalue weighted by atomic mass is 32.2. The zero-order chi connectivity index (χ0) is 55.3. The molecule has 3 saturated heterocycles. The van der Waals surface area contributed by atoms with E-state index >= 15 is 0 Å². The normalized spacial score (nSPS) is 25.0. The Morgan fingerprint density at radius 3 is 1.84 bits per heavy atom. The second-order valence-electron chi connectivity index (χ2n) is 17.2. The lowest BCUT2D eigenvalue weighted by molar-refractivity contribution is -0.241. The lowest BCUT2D eigenvalue weighted by Gasteiger charge is -2.30. The van der Waals surface area contributed by atoms with E-state index in [0.717, 1.165) is 10.9 Å². The van der Waals surface area contributed by atoms with Gasteiger partial charge >= 0.3 is 43.0 Å². The van der Waals surface area contributed by atoms with Gasteiger partial charge in [0, 0.05) is 12.0 Å². The van der Waals surface area contributed by atoms with Gasteiger partial charge in [0.1, 0.15) is 18.3 Å². The standard InChI is InChI=1S/C25H36F4N5O11PS.C14H21FN5O7P/c1-6-41-46(36,42-7-2)13-40-21-17(43-14-10-8-9-11-39-14)16(45-47(37,38)25(27,28)29)20(44-21)34-12-30-15-18(31-22(35)24(3,4)5)32-23(26)33-19(15)34;1-3-25-28(23,26-4-2)6-24-13-9(22)8(21)12(27-13)20-5-17-7-10(16)18-14(15)19-11(7)20/h12,14,16-17,20-21H,6-11,13H2,1-5H3,(H,31,32,33,35);5,8-9,12-13,21-22H,3-4,6H2,1-2H3,(H2,16,18,19)/t14?,16-,17-,20-,21+;8-,9-,12+,13-/m10/s1. The molecule has 4 aromatic heterocycles. The number of anilines is 2. The number of fused-ring (bicyclic) bond motifs is 2. The Bertz CT molecular complexity index is 2790. The van der Waals surface area contributed by atoms with Crippen molar-refractivity contribution in [3.63, 3.8) is 0 Å². The SMILES string of the molecule is CCOP(=O)(CO[C@H]1O[C@@H](n2cnc3c(N)nc(F)nc32)[C@@H](O)[C@@H]1O)OCC.CCOP(=O)(CO[C@H]1O[C@@H](n2cnc3c(NC(=O)C(C)(C)C)nc(F)nc32)[C@H](OS(=O)(=O)C(F)(F)F)[C@H]1OC1CCCCO1)OCC. The molecule has 3 fully saturated rings. The van der Waals surface area contributed by atoms with Crippen LogP contribution in [-0.2, 0) is 74.7 Å². The van der Waals surface area contributed by atoms with Gasteiger partial charge in [0.05, 0.1) is 39.1 Å². The molecular formula is C39H57F5N10O18P2S. The second-order valence-corrected chi connectivity index (χ2v) is 22.7. The molecule has 7 rings (SSSR count). The zero-order valence-corrected chi connectivity index (χ0v) is 43.8. The van der Waals surface area contributed by atoms with Crippen molar-refractivity contribution in [1.82, 2.24) is 39.0 Å². The van der Waals surface area contributed by atoms with Crippen molar-refractivity contribution in [2.75, 3.05) is 56.8 Å². The fourth-order valence-electron chi connectivity index (χ4n) is 7.30. The van der Waals surface area contributed by atoms with Crippen LogP contribution in [0.2, 0.25) is 0 Å². The van der Waals surface area contributed by atoms with Crippen LogP contribution in [0.3, 0.4) is 0 Å². The number of aliphatic hydroxyl groups excluding tert-OH is 2. The number of imidazole rings is 2. The van der Waals surface area contributed by atoms with Crippen molar-refractivity contribution in [3.05, 3.63) is 24.8 Å². The number of nitrogens with one attached hydrogen (secondary N) is 1. The first kappa shape index (κ1) is 60.1. The highest BCUT2D eigenvalue weighted by Gasteiger charge is 2.57. The van der Waals surface area contributed by atoms with Crippen LogP contribution in [0, 0.1) is 17.6 Å². The molecule has 0 saturated carbocycles.